The number of aromatic nitrogens is 2. The highest BCUT2D eigenvalue weighted by atomic mass is 16.6. The summed E-state index contributed by atoms with van der Waals surface area (Å²) in [7, 11) is 0. The number of benzene rings is 1. The van der Waals surface area contributed by atoms with Gasteiger partial charge in [-0.25, -0.2) is 4.68 Å². The molecule has 0 amide bonds. The van der Waals surface area contributed by atoms with Gasteiger partial charge in [-0.1, -0.05) is 6.58 Å². The van der Waals surface area contributed by atoms with Gasteiger partial charge in [-0.05, 0) is 6.07 Å². The third kappa shape index (κ3) is 2.81. The maximum absolute atomic E-state index is 10.7. The summed E-state index contributed by atoms with van der Waals surface area (Å²) in [5.41, 5.74) is 1.58. The fraction of sp³-hybridized carbons (Fsp3) is 0.0769. The van der Waals surface area contributed by atoms with Gasteiger partial charge < -0.3 is 5.32 Å². The lowest BCUT2D eigenvalue weighted by atomic mass is 10.1. The van der Waals surface area contributed by atoms with E-state index in [2.05, 4.69) is 17.0 Å². The second-order valence-electron chi connectivity index (χ2n) is 3.96. The van der Waals surface area contributed by atoms with Crippen LogP contribution in [0.15, 0.2) is 37.2 Å². The minimum absolute atomic E-state index is 0.105. The molecule has 0 aliphatic carbocycles. The summed E-state index contributed by atoms with van der Waals surface area (Å²) in [6, 6.07) is 6.06. The molecule has 7 heteroatoms. The predicted octanol–water partition coefficient (Wildman–Crippen LogP) is 2.38. The van der Waals surface area contributed by atoms with Crippen molar-refractivity contribution in [3.05, 3.63) is 58.4 Å². The lowest BCUT2D eigenvalue weighted by Gasteiger charge is -2.06. The van der Waals surface area contributed by atoms with Crippen LogP contribution in [0.25, 0.3) is 6.20 Å². The maximum Gasteiger partial charge on any atom is 0.270 e. The molecule has 0 fully saturated rings. The van der Waals surface area contributed by atoms with Crippen LogP contribution in [0, 0.1) is 21.4 Å². The molecule has 0 radical (unpaired) electrons. The number of hydrogen-bond acceptors (Lipinski definition) is 5. The van der Waals surface area contributed by atoms with Gasteiger partial charge in [-0.2, -0.15) is 10.4 Å². The first-order chi connectivity index (χ1) is 9.63. The van der Waals surface area contributed by atoms with Gasteiger partial charge in [0.25, 0.3) is 5.69 Å². The Morgan fingerprint density at radius 3 is 3.00 bits per heavy atom. The van der Waals surface area contributed by atoms with Crippen LogP contribution in [0.4, 0.5) is 11.4 Å². The quantitative estimate of drug-likeness (QED) is 0.663. The first-order valence-corrected chi connectivity index (χ1v) is 5.72. The number of anilines is 1. The van der Waals surface area contributed by atoms with Crippen molar-refractivity contribution < 1.29 is 4.92 Å². The van der Waals surface area contributed by atoms with E-state index in [9.17, 15) is 10.1 Å². The lowest BCUT2D eigenvalue weighted by Crippen LogP contribution is -2.01. The van der Waals surface area contributed by atoms with Crippen LogP contribution in [0.3, 0.4) is 0 Å². The van der Waals surface area contributed by atoms with Crippen LogP contribution in [0.1, 0.15) is 11.1 Å². The molecule has 7 nitrogen and oxygen atoms in total. The minimum atomic E-state index is -0.529. The molecule has 0 aliphatic heterocycles. The molecule has 1 aromatic carbocycles. The second-order valence-corrected chi connectivity index (χ2v) is 3.96. The summed E-state index contributed by atoms with van der Waals surface area (Å²) in [4.78, 5) is 10.1. The molecule has 100 valence electrons. The molecule has 0 saturated heterocycles. The van der Waals surface area contributed by atoms with Gasteiger partial charge in [-0.15, -0.1) is 0 Å². The largest absolute Gasteiger partial charge is 0.380 e. The van der Waals surface area contributed by atoms with E-state index in [-0.39, 0.29) is 11.3 Å². The number of nitro benzene ring substituents is 1. The Hall–Kier alpha value is -3.14. The Labute approximate surface area is 114 Å². The molecule has 0 spiro atoms. The topological polar surface area (TPSA) is 96.8 Å². The van der Waals surface area contributed by atoms with Crippen molar-refractivity contribution in [3.63, 3.8) is 0 Å². The fourth-order valence-electron chi connectivity index (χ4n) is 1.66. The van der Waals surface area contributed by atoms with Crippen LogP contribution in [-0.2, 0) is 6.54 Å². The fourth-order valence-corrected chi connectivity index (χ4v) is 1.66. The summed E-state index contributed by atoms with van der Waals surface area (Å²) in [5.74, 6) is 0. The zero-order valence-electron chi connectivity index (χ0n) is 10.5. The van der Waals surface area contributed by atoms with Crippen LogP contribution in [-0.4, -0.2) is 14.7 Å². The zero-order chi connectivity index (χ0) is 14.5. The molecule has 0 aliphatic rings. The zero-order valence-corrected chi connectivity index (χ0v) is 10.5. The number of rotatable bonds is 5. The molecule has 0 atom stereocenters. The third-order valence-electron chi connectivity index (χ3n) is 2.66. The number of nitrogens with zero attached hydrogens (tertiary/aromatic N) is 4. The highest BCUT2D eigenvalue weighted by Crippen LogP contribution is 2.21. The van der Waals surface area contributed by atoms with Crippen molar-refractivity contribution in [3.8, 4) is 6.07 Å². The van der Waals surface area contributed by atoms with Gasteiger partial charge in [0.2, 0.25) is 0 Å². The van der Waals surface area contributed by atoms with Gasteiger partial charge in [0.1, 0.15) is 6.07 Å². The molecule has 0 saturated carbocycles. The third-order valence-corrected chi connectivity index (χ3v) is 2.66. The molecule has 2 aromatic rings. The van der Waals surface area contributed by atoms with Gasteiger partial charge in [0.15, 0.2) is 0 Å². The van der Waals surface area contributed by atoms with Crippen LogP contribution in [0.5, 0.6) is 0 Å². The van der Waals surface area contributed by atoms with Gasteiger partial charge >= 0.3 is 0 Å². The molecular formula is C13H11N5O2. The monoisotopic (exact) mass is 269 g/mol. The molecule has 0 unspecified atom stereocenters. The van der Waals surface area contributed by atoms with E-state index in [1.54, 1.807) is 23.3 Å². The van der Waals surface area contributed by atoms with Crippen molar-refractivity contribution in [1.82, 2.24) is 9.78 Å². The van der Waals surface area contributed by atoms with E-state index in [1.165, 1.54) is 18.2 Å². The Kier molecular flexibility index (Phi) is 3.77. The summed E-state index contributed by atoms with van der Waals surface area (Å²) in [6.07, 6.45) is 5.03. The van der Waals surface area contributed by atoms with Crippen molar-refractivity contribution in [2.75, 3.05) is 5.32 Å². The van der Waals surface area contributed by atoms with Gasteiger partial charge in [0, 0.05) is 36.6 Å². The first-order valence-electron chi connectivity index (χ1n) is 5.72. The molecule has 1 heterocycles. The average Bonchev–Trinajstić information content (AvgIpc) is 2.92. The summed E-state index contributed by atoms with van der Waals surface area (Å²) in [6.45, 7) is 4.05. The predicted molar refractivity (Wildman–Crippen MR) is 73.8 cm³/mol. The molecule has 2 rings (SSSR count). The molecule has 0 bridgehead atoms. The van der Waals surface area contributed by atoms with Crippen LogP contribution < -0.4 is 5.32 Å². The average molecular weight is 269 g/mol. The highest BCUT2D eigenvalue weighted by molar-refractivity contribution is 5.61. The SMILES string of the molecule is C=Cn1cc(CNc2ccc([N+](=O)[O-])cc2C#N)cn1. The smallest absolute Gasteiger partial charge is 0.270 e. The molecule has 1 N–H and O–H groups in total. The number of hydrogen-bond donors (Lipinski definition) is 1. The summed E-state index contributed by atoms with van der Waals surface area (Å²) in [5, 5.41) is 26.8. The van der Waals surface area contributed by atoms with E-state index in [0.717, 1.165) is 5.56 Å². The normalized spacial score (nSPS) is 9.75. The van der Waals surface area contributed by atoms with E-state index < -0.39 is 4.92 Å². The van der Waals surface area contributed by atoms with Crippen molar-refractivity contribution in [2.24, 2.45) is 0 Å². The maximum atomic E-state index is 10.7. The van der Waals surface area contributed by atoms with E-state index in [4.69, 9.17) is 5.26 Å². The number of non-ortho nitro benzene ring substituents is 1. The van der Waals surface area contributed by atoms with Crippen molar-refractivity contribution >= 4 is 17.6 Å². The highest BCUT2D eigenvalue weighted by Gasteiger charge is 2.10. The molecule has 20 heavy (non-hydrogen) atoms. The van der Waals surface area contributed by atoms with Crippen LogP contribution >= 0.6 is 0 Å². The van der Waals surface area contributed by atoms with Crippen LogP contribution in [0.2, 0.25) is 0 Å². The van der Waals surface area contributed by atoms with E-state index in [0.29, 0.717) is 12.2 Å². The van der Waals surface area contributed by atoms with Gasteiger partial charge in [-0.3, -0.25) is 10.1 Å². The minimum Gasteiger partial charge on any atom is -0.380 e. The van der Waals surface area contributed by atoms with Crippen molar-refractivity contribution in [1.29, 1.82) is 5.26 Å². The summed E-state index contributed by atoms with van der Waals surface area (Å²) < 4.78 is 1.57. The molecular weight excluding hydrogens is 258 g/mol. The number of nitrogens with one attached hydrogen (secondary N) is 1. The van der Waals surface area contributed by atoms with E-state index >= 15 is 0 Å². The first kappa shape index (κ1) is 13.3. The number of nitro groups is 1. The number of nitriles is 1. The molecule has 1 aromatic heterocycles. The Bertz CT molecular complexity index is 699. The standard InChI is InChI=1S/C13H11N5O2/c1-2-17-9-10(8-16-17)7-15-13-4-3-12(18(19)20)5-11(13)6-14/h2-5,8-9,15H,1,7H2. The van der Waals surface area contributed by atoms with Crippen molar-refractivity contribution in [2.45, 2.75) is 6.54 Å². The summed E-state index contributed by atoms with van der Waals surface area (Å²) >= 11 is 0. The lowest BCUT2D eigenvalue weighted by molar-refractivity contribution is -0.384. The Balaban J connectivity index is 2.15. The Morgan fingerprint density at radius 2 is 2.40 bits per heavy atom. The Morgan fingerprint density at radius 1 is 1.60 bits per heavy atom. The van der Waals surface area contributed by atoms with E-state index in [1.807, 2.05) is 6.07 Å². The second kappa shape index (κ2) is 5.67. The van der Waals surface area contributed by atoms with Gasteiger partial charge in [0.05, 0.1) is 22.4 Å².